The first-order chi connectivity index (χ1) is 21.1. The van der Waals surface area contributed by atoms with Gasteiger partial charge in [0.2, 0.25) is 0 Å². The Kier molecular flexibility index (Phi) is 6.98. The number of nitrogens with one attached hydrogen (secondary N) is 1. The maximum atomic E-state index is 6.40. The molecule has 3 N–H and O–H groups in total. The highest BCUT2D eigenvalue weighted by atomic mass is 15.4. The van der Waals surface area contributed by atoms with Gasteiger partial charge in [0.25, 0.3) is 0 Å². The number of nitrogens with two attached hydrogens (primary N) is 1. The third-order valence-corrected chi connectivity index (χ3v) is 8.35. The lowest BCUT2D eigenvalue weighted by Crippen LogP contribution is -2.46. The van der Waals surface area contributed by atoms with Crippen molar-refractivity contribution < 1.29 is 0 Å². The van der Waals surface area contributed by atoms with Crippen molar-refractivity contribution in [2.45, 2.75) is 19.3 Å². The standard InChI is InChI=1S/C39H34N4/c1-3-9-28-18-19-32(25-36(28)40)31-14-8-15-34(24-31)38-41-37(33-20-16-26-10-4-6-12-29(26)22-33)42-39(43(38)2)35-21-17-27-11-5-7-13-30(27)23-35/h3-25,37,39,42H,40H2,1-2H3/b9-3-. The van der Waals surface area contributed by atoms with E-state index in [0.717, 1.165) is 39.3 Å². The number of anilines is 1. The Labute approximate surface area is 252 Å². The van der Waals surface area contributed by atoms with Gasteiger partial charge in [-0.3, -0.25) is 5.32 Å². The maximum absolute atomic E-state index is 6.40. The van der Waals surface area contributed by atoms with Gasteiger partial charge in [-0.1, -0.05) is 115 Å². The zero-order valence-electron chi connectivity index (χ0n) is 24.4. The molecule has 210 valence electrons. The molecule has 2 atom stereocenters. The van der Waals surface area contributed by atoms with Crippen molar-refractivity contribution in [2.24, 2.45) is 4.99 Å². The molecule has 6 aromatic carbocycles. The molecule has 1 aliphatic heterocycles. The average molecular weight is 559 g/mol. The number of nitrogen functional groups attached to an aromatic ring is 1. The van der Waals surface area contributed by atoms with E-state index in [2.05, 4.69) is 145 Å². The van der Waals surface area contributed by atoms with Gasteiger partial charge in [0.1, 0.15) is 18.2 Å². The Morgan fingerprint density at radius 3 is 1.98 bits per heavy atom. The summed E-state index contributed by atoms with van der Waals surface area (Å²) in [6.45, 7) is 2.00. The van der Waals surface area contributed by atoms with Crippen molar-refractivity contribution in [1.29, 1.82) is 0 Å². The van der Waals surface area contributed by atoms with Crippen LogP contribution in [0.1, 0.15) is 41.5 Å². The lowest BCUT2D eigenvalue weighted by Gasteiger charge is -2.39. The number of benzene rings is 6. The van der Waals surface area contributed by atoms with Crippen LogP contribution in [-0.2, 0) is 0 Å². The van der Waals surface area contributed by atoms with Gasteiger partial charge in [-0.15, -0.1) is 0 Å². The molecule has 0 saturated heterocycles. The molecule has 4 heteroatoms. The Morgan fingerprint density at radius 1 is 0.651 bits per heavy atom. The molecule has 7 rings (SSSR count). The van der Waals surface area contributed by atoms with Crippen molar-refractivity contribution in [2.75, 3.05) is 12.8 Å². The smallest absolute Gasteiger partial charge is 0.134 e. The number of hydrogen-bond acceptors (Lipinski definition) is 4. The molecule has 1 heterocycles. The summed E-state index contributed by atoms with van der Waals surface area (Å²) in [6.07, 6.45) is 3.75. The zero-order valence-corrected chi connectivity index (χ0v) is 24.4. The van der Waals surface area contributed by atoms with Gasteiger partial charge in [-0.25, -0.2) is 4.99 Å². The summed E-state index contributed by atoms with van der Waals surface area (Å²) in [6, 6.07) is 45.2. The van der Waals surface area contributed by atoms with E-state index in [9.17, 15) is 0 Å². The van der Waals surface area contributed by atoms with E-state index in [0.29, 0.717) is 0 Å². The van der Waals surface area contributed by atoms with Gasteiger partial charge in [-0.05, 0) is 80.6 Å². The second-order valence-electron chi connectivity index (χ2n) is 11.2. The molecule has 0 saturated carbocycles. The normalized spacial score (nSPS) is 17.1. The third kappa shape index (κ3) is 5.18. The average Bonchev–Trinajstić information content (AvgIpc) is 3.05. The molecule has 4 nitrogen and oxygen atoms in total. The number of rotatable bonds is 5. The van der Waals surface area contributed by atoms with Crippen LogP contribution in [0, 0.1) is 0 Å². The summed E-state index contributed by atoms with van der Waals surface area (Å²) in [4.78, 5) is 7.59. The second kappa shape index (κ2) is 11.2. The molecule has 0 aromatic heterocycles. The minimum Gasteiger partial charge on any atom is -0.398 e. The van der Waals surface area contributed by atoms with Gasteiger partial charge in [0.15, 0.2) is 0 Å². The molecular weight excluding hydrogens is 524 g/mol. The second-order valence-corrected chi connectivity index (χ2v) is 11.2. The van der Waals surface area contributed by atoms with Crippen LogP contribution in [0.2, 0.25) is 0 Å². The highest BCUT2D eigenvalue weighted by Crippen LogP contribution is 2.34. The topological polar surface area (TPSA) is 53.7 Å². The molecule has 0 aliphatic carbocycles. The lowest BCUT2D eigenvalue weighted by atomic mass is 9.98. The predicted octanol–water partition coefficient (Wildman–Crippen LogP) is 8.95. The number of aliphatic imine (C=N–C) groups is 1. The summed E-state index contributed by atoms with van der Waals surface area (Å²) in [7, 11) is 2.12. The fourth-order valence-electron chi connectivity index (χ4n) is 6.08. The van der Waals surface area contributed by atoms with Crippen LogP contribution in [0.5, 0.6) is 0 Å². The first kappa shape index (κ1) is 26.7. The summed E-state index contributed by atoms with van der Waals surface area (Å²) < 4.78 is 0. The number of amidine groups is 1. The van der Waals surface area contributed by atoms with Crippen LogP contribution in [0.25, 0.3) is 38.7 Å². The summed E-state index contributed by atoms with van der Waals surface area (Å²) >= 11 is 0. The highest BCUT2D eigenvalue weighted by molar-refractivity contribution is 6.00. The van der Waals surface area contributed by atoms with Gasteiger partial charge in [-0.2, -0.15) is 0 Å². The molecule has 0 amide bonds. The number of fused-ring (bicyclic) bond motifs is 2. The first-order valence-electron chi connectivity index (χ1n) is 14.7. The largest absolute Gasteiger partial charge is 0.398 e. The van der Waals surface area contributed by atoms with Gasteiger partial charge < -0.3 is 10.6 Å². The monoisotopic (exact) mass is 558 g/mol. The summed E-state index contributed by atoms with van der Waals surface area (Å²) in [5.41, 5.74) is 13.8. The SMILES string of the molecule is C/C=C\c1ccc(-c2cccc(C3=NC(c4ccc5ccccc5c4)NC(c4ccc5ccccc5c4)N3C)c2)cc1N. The van der Waals surface area contributed by atoms with Crippen LogP contribution in [0.3, 0.4) is 0 Å². The molecule has 0 spiro atoms. The Balaban J connectivity index is 1.33. The molecule has 0 bridgehead atoms. The van der Waals surface area contributed by atoms with Gasteiger partial charge in [0, 0.05) is 18.3 Å². The fourth-order valence-corrected chi connectivity index (χ4v) is 6.08. The summed E-state index contributed by atoms with van der Waals surface area (Å²) in [5, 5.41) is 8.74. The van der Waals surface area contributed by atoms with E-state index in [1.54, 1.807) is 0 Å². The molecule has 6 aromatic rings. The minimum atomic E-state index is -0.216. The van der Waals surface area contributed by atoms with Crippen molar-refractivity contribution >= 4 is 39.1 Å². The van der Waals surface area contributed by atoms with Crippen molar-refractivity contribution in [3.8, 4) is 11.1 Å². The Morgan fingerprint density at radius 2 is 1.28 bits per heavy atom. The van der Waals surface area contributed by atoms with Gasteiger partial charge in [0.05, 0.1) is 0 Å². The zero-order chi connectivity index (χ0) is 29.3. The molecule has 1 aliphatic rings. The van der Waals surface area contributed by atoms with E-state index in [1.807, 2.05) is 19.1 Å². The van der Waals surface area contributed by atoms with Crippen molar-refractivity contribution in [1.82, 2.24) is 10.2 Å². The highest BCUT2D eigenvalue weighted by Gasteiger charge is 2.30. The Hall–Kier alpha value is -5.19. The predicted molar refractivity (Wildman–Crippen MR) is 182 cm³/mol. The van der Waals surface area contributed by atoms with Crippen LogP contribution in [-0.4, -0.2) is 17.8 Å². The van der Waals surface area contributed by atoms with E-state index < -0.39 is 0 Å². The van der Waals surface area contributed by atoms with Gasteiger partial charge >= 0.3 is 0 Å². The van der Waals surface area contributed by atoms with E-state index in [1.165, 1.54) is 27.1 Å². The molecule has 0 radical (unpaired) electrons. The number of allylic oxidation sites excluding steroid dienone is 1. The molecule has 2 unspecified atom stereocenters. The number of nitrogens with zero attached hydrogens (tertiary/aromatic N) is 2. The minimum absolute atomic E-state index is 0.0759. The van der Waals surface area contributed by atoms with E-state index in [-0.39, 0.29) is 12.3 Å². The molecular formula is C39H34N4. The quantitative estimate of drug-likeness (QED) is 0.208. The first-order valence-corrected chi connectivity index (χ1v) is 14.7. The number of hydrogen-bond donors (Lipinski definition) is 2. The van der Waals surface area contributed by atoms with E-state index >= 15 is 0 Å². The van der Waals surface area contributed by atoms with Crippen LogP contribution in [0.15, 0.2) is 138 Å². The van der Waals surface area contributed by atoms with Crippen LogP contribution in [0.4, 0.5) is 5.69 Å². The molecule has 43 heavy (non-hydrogen) atoms. The summed E-state index contributed by atoms with van der Waals surface area (Å²) in [5.74, 6) is 0.940. The van der Waals surface area contributed by atoms with Crippen molar-refractivity contribution in [3.63, 3.8) is 0 Å². The Bertz CT molecular complexity index is 2020. The van der Waals surface area contributed by atoms with Crippen LogP contribution < -0.4 is 11.1 Å². The van der Waals surface area contributed by atoms with Crippen LogP contribution >= 0.6 is 0 Å². The third-order valence-electron chi connectivity index (χ3n) is 8.35. The van der Waals surface area contributed by atoms with Crippen molar-refractivity contribution in [3.05, 3.63) is 156 Å². The van der Waals surface area contributed by atoms with E-state index in [4.69, 9.17) is 10.7 Å². The fraction of sp³-hybridized carbons (Fsp3) is 0.103. The molecule has 0 fully saturated rings. The maximum Gasteiger partial charge on any atom is 0.134 e. The lowest BCUT2D eigenvalue weighted by molar-refractivity contribution is 0.257.